The first-order chi connectivity index (χ1) is 9.52. The van der Waals surface area contributed by atoms with Crippen molar-refractivity contribution in [3.63, 3.8) is 0 Å². The molecule has 0 heterocycles. The van der Waals surface area contributed by atoms with Crippen LogP contribution in [-0.4, -0.2) is 16.6 Å². The molecule has 2 rings (SSSR count). The molecule has 0 aliphatic carbocycles. The molecule has 3 nitrogen and oxygen atoms in total. The number of phenols is 1. The number of phenolic OH excluding ortho intramolecular Hbond substituents is 1. The van der Waals surface area contributed by atoms with Crippen LogP contribution in [0.15, 0.2) is 42.5 Å². The van der Waals surface area contributed by atoms with E-state index in [2.05, 4.69) is 4.90 Å². The molecule has 0 aliphatic heterocycles. The zero-order valence-electron chi connectivity index (χ0n) is 11.6. The van der Waals surface area contributed by atoms with E-state index < -0.39 is 0 Å². The molecule has 0 atom stereocenters. The summed E-state index contributed by atoms with van der Waals surface area (Å²) in [5.74, 6) is 0.241. The standard InChI is InChI=1S/C16H18N2OS/c1-3-18(12-5-4-6-13(19)10-12)15-8-7-11(2)9-14(15)16(17)20/h4-10,19H,3H2,1-2H3,(H2,17,20). The zero-order valence-corrected chi connectivity index (χ0v) is 12.4. The first kappa shape index (κ1) is 14.3. The monoisotopic (exact) mass is 286 g/mol. The van der Waals surface area contributed by atoms with E-state index in [1.807, 2.05) is 44.2 Å². The number of rotatable bonds is 4. The van der Waals surface area contributed by atoms with Gasteiger partial charge >= 0.3 is 0 Å². The highest BCUT2D eigenvalue weighted by Crippen LogP contribution is 2.31. The quantitative estimate of drug-likeness (QED) is 0.845. The predicted molar refractivity (Wildman–Crippen MR) is 87.9 cm³/mol. The van der Waals surface area contributed by atoms with Gasteiger partial charge in [-0.05, 0) is 38.1 Å². The lowest BCUT2D eigenvalue weighted by Gasteiger charge is -2.26. The summed E-state index contributed by atoms with van der Waals surface area (Å²) in [5, 5.41) is 9.65. The fourth-order valence-electron chi connectivity index (χ4n) is 2.24. The van der Waals surface area contributed by atoms with Crippen LogP contribution < -0.4 is 10.6 Å². The van der Waals surface area contributed by atoms with Crippen LogP contribution in [0, 0.1) is 6.92 Å². The molecule has 4 heteroatoms. The number of benzene rings is 2. The number of nitrogens with zero attached hydrogens (tertiary/aromatic N) is 1. The summed E-state index contributed by atoms with van der Waals surface area (Å²) in [6.07, 6.45) is 0. The molecular weight excluding hydrogens is 268 g/mol. The minimum absolute atomic E-state index is 0.241. The van der Waals surface area contributed by atoms with Crippen LogP contribution in [0.25, 0.3) is 0 Å². The molecule has 0 bridgehead atoms. The summed E-state index contributed by atoms with van der Waals surface area (Å²) < 4.78 is 0. The van der Waals surface area contributed by atoms with E-state index in [0.717, 1.165) is 29.0 Å². The molecule has 0 spiro atoms. The van der Waals surface area contributed by atoms with Gasteiger partial charge in [-0.25, -0.2) is 0 Å². The SMILES string of the molecule is CCN(c1cccc(O)c1)c1ccc(C)cc1C(N)=S. The van der Waals surface area contributed by atoms with Gasteiger partial charge in [0.1, 0.15) is 10.7 Å². The lowest BCUT2D eigenvalue weighted by atomic mass is 10.1. The van der Waals surface area contributed by atoms with Crippen LogP contribution in [0.2, 0.25) is 0 Å². The third kappa shape index (κ3) is 2.91. The molecule has 0 saturated carbocycles. The Hall–Kier alpha value is -2.07. The average Bonchev–Trinajstić information content (AvgIpc) is 2.41. The van der Waals surface area contributed by atoms with Crippen molar-refractivity contribution in [1.29, 1.82) is 0 Å². The molecule has 0 fully saturated rings. The lowest BCUT2D eigenvalue weighted by molar-refractivity contribution is 0.475. The van der Waals surface area contributed by atoms with Gasteiger partial charge in [-0.1, -0.05) is 29.9 Å². The maximum atomic E-state index is 9.65. The first-order valence-corrected chi connectivity index (χ1v) is 6.90. The van der Waals surface area contributed by atoms with E-state index in [9.17, 15) is 5.11 Å². The molecule has 2 aromatic carbocycles. The normalized spacial score (nSPS) is 10.3. The van der Waals surface area contributed by atoms with Gasteiger partial charge in [0.15, 0.2) is 0 Å². The van der Waals surface area contributed by atoms with Gasteiger partial charge in [0.25, 0.3) is 0 Å². The van der Waals surface area contributed by atoms with Gasteiger partial charge in [-0.3, -0.25) is 0 Å². The van der Waals surface area contributed by atoms with Gasteiger partial charge in [0.05, 0.1) is 5.69 Å². The molecule has 2 aromatic rings. The van der Waals surface area contributed by atoms with E-state index >= 15 is 0 Å². The summed E-state index contributed by atoms with van der Waals surface area (Å²) in [5.41, 5.74) is 9.67. The number of aromatic hydroxyl groups is 1. The molecule has 3 N–H and O–H groups in total. The highest BCUT2D eigenvalue weighted by atomic mass is 32.1. The molecule has 0 unspecified atom stereocenters. The van der Waals surface area contributed by atoms with E-state index in [1.165, 1.54) is 0 Å². The minimum Gasteiger partial charge on any atom is -0.508 e. The Labute approximate surface area is 124 Å². The van der Waals surface area contributed by atoms with Gasteiger partial charge in [-0.15, -0.1) is 0 Å². The van der Waals surface area contributed by atoms with Crippen molar-refractivity contribution < 1.29 is 5.11 Å². The minimum atomic E-state index is 0.241. The van der Waals surface area contributed by atoms with Crippen LogP contribution >= 0.6 is 12.2 Å². The summed E-state index contributed by atoms with van der Waals surface area (Å²) in [6, 6.07) is 13.2. The van der Waals surface area contributed by atoms with Crippen LogP contribution in [0.3, 0.4) is 0 Å². The van der Waals surface area contributed by atoms with E-state index in [0.29, 0.717) is 4.99 Å². The van der Waals surface area contributed by atoms with Gasteiger partial charge in [0.2, 0.25) is 0 Å². The van der Waals surface area contributed by atoms with Crippen molar-refractivity contribution >= 4 is 28.6 Å². The Morgan fingerprint density at radius 1 is 1.25 bits per heavy atom. The van der Waals surface area contributed by atoms with Crippen LogP contribution in [0.5, 0.6) is 5.75 Å². The Morgan fingerprint density at radius 3 is 2.60 bits per heavy atom. The maximum absolute atomic E-state index is 9.65. The van der Waals surface area contributed by atoms with Crippen molar-refractivity contribution in [2.24, 2.45) is 5.73 Å². The summed E-state index contributed by atoms with van der Waals surface area (Å²) >= 11 is 5.15. The molecule has 0 radical (unpaired) electrons. The highest BCUT2D eigenvalue weighted by Gasteiger charge is 2.14. The third-order valence-electron chi connectivity index (χ3n) is 3.17. The van der Waals surface area contributed by atoms with E-state index in [4.69, 9.17) is 18.0 Å². The van der Waals surface area contributed by atoms with Crippen LogP contribution in [0.4, 0.5) is 11.4 Å². The summed E-state index contributed by atoms with van der Waals surface area (Å²) in [4.78, 5) is 2.45. The van der Waals surface area contributed by atoms with Gasteiger partial charge < -0.3 is 15.7 Å². The Balaban J connectivity index is 2.55. The van der Waals surface area contributed by atoms with Gasteiger partial charge in [-0.2, -0.15) is 0 Å². The Kier molecular flexibility index (Phi) is 4.25. The number of anilines is 2. The highest BCUT2D eigenvalue weighted by molar-refractivity contribution is 7.80. The van der Waals surface area contributed by atoms with Crippen molar-refractivity contribution in [2.45, 2.75) is 13.8 Å². The van der Waals surface area contributed by atoms with Crippen molar-refractivity contribution in [1.82, 2.24) is 0 Å². The molecule has 0 aliphatic rings. The fraction of sp³-hybridized carbons (Fsp3) is 0.188. The Bertz CT molecular complexity index is 640. The summed E-state index contributed by atoms with van der Waals surface area (Å²) in [6.45, 7) is 4.81. The van der Waals surface area contributed by atoms with Crippen LogP contribution in [-0.2, 0) is 0 Å². The molecule has 0 saturated heterocycles. The van der Waals surface area contributed by atoms with Gasteiger partial charge in [0, 0.05) is 23.9 Å². The number of thiocarbonyl (C=S) groups is 1. The van der Waals surface area contributed by atoms with Crippen molar-refractivity contribution in [2.75, 3.05) is 11.4 Å². The number of hydrogen-bond donors (Lipinski definition) is 2. The molecule has 104 valence electrons. The van der Waals surface area contributed by atoms with E-state index in [-0.39, 0.29) is 5.75 Å². The largest absolute Gasteiger partial charge is 0.508 e. The second-order valence-electron chi connectivity index (χ2n) is 4.65. The lowest BCUT2D eigenvalue weighted by Crippen LogP contribution is -2.21. The predicted octanol–water partition coefficient (Wildman–Crippen LogP) is 3.49. The molecule has 0 aromatic heterocycles. The average molecular weight is 286 g/mol. The van der Waals surface area contributed by atoms with Crippen LogP contribution in [0.1, 0.15) is 18.1 Å². The Morgan fingerprint density at radius 2 is 2.00 bits per heavy atom. The van der Waals surface area contributed by atoms with Crippen molar-refractivity contribution in [3.8, 4) is 5.75 Å². The molecule has 0 amide bonds. The fourth-order valence-corrected chi connectivity index (χ4v) is 2.40. The second-order valence-corrected chi connectivity index (χ2v) is 5.09. The third-order valence-corrected chi connectivity index (χ3v) is 3.39. The topological polar surface area (TPSA) is 49.5 Å². The zero-order chi connectivity index (χ0) is 14.7. The van der Waals surface area contributed by atoms with E-state index in [1.54, 1.807) is 12.1 Å². The summed E-state index contributed by atoms with van der Waals surface area (Å²) in [7, 11) is 0. The number of aryl methyl sites for hydroxylation is 1. The number of nitrogens with two attached hydrogens (primary N) is 1. The number of hydrogen-bond acceptors (Lipinski definition) is 3. The smallest absolute Gasteiger partial charge is 0.117 e. The second kappa shape index (κ2) is 5.92. The maximum Gasteiger partial charge on any atom is 0.117 e. The first-order valence-electron chi connectivity index (χ1n) is 6.50. The van der Waals surface area contributed by atoms with Crippen molar-refractivity contribution in [3.05, 3.63) is 53.6 Å². The molecular formula is C16H18N2OS. The molecule has 20 heavy (non-hydrogen) atoms.